The molecule has 0 amide bonds. The fraction of sp³-hybridized carbons (Fsp3) is 0.346. The molecule has 1 aliphatic carbocycles. The fourth-order valence-electron chi connectivity index (χ4n) is 3.84. The van der Waals surface area contributed by atoms with Crippen molar-refractivity contribution in [3.63, 3.8) is 0 Å². The molecule has 0 N–H and O–H groups in total. The van der Waals surface area contributed by atoms with Crippen molar-refractivity contribution in [1.29, 1.82) is 0 Å². The van der Waals surface area contributed by atoms with Crippen LogP contribution in [0, 0.1) is 5.92 Å². The Morgan fingerprint density at radius 1 is 1.13 bits per heavy atom. The molecule has 0 spiro atoms. The van der Waals surface area contributed by atoms with E-state index in [0.717, 1.165) is 30.7 Å². The van der Waals surface area contributed by atoms with Crippen LogP contribution in [-0.2, 0) is 4.74 Å². The number of benzene rings is 2. The number of hydrogen-bond donors (Lipinski definition) is 0. The van der Waals surface area contributed by atoms with Crippen LogP contribution in [0.25, 0.3) is 11.6 Å². The van der Waals surface area contributed by atoms with E-state index in [1.807, 2.05) is 30.3 Å². The van der Waals surface area contributed by atoms with Gasteiger partial charge in [-0.25, -0.2) is 4.79 Å². The van der Waals surface area contributed by atoms with Crippen molar-refractivity contribution in [2.24, 2.45) is 5.92 Å². The molecule has 0 fully saturated rings. The minimum absolute atomic E-state index is 0. The molecule has 4 heteroatoms. The molecule has 3 rings (SSSR count). The van der Waals surface area contributed by atoms with Gasteiger partial charge in [0.1, 0.15) is 5.75 Å². The van der Waals surface area contributed by atoms with Crippen LogP contribution in [-0.4, -0.2) is 45.7 Å². The van der Waals surface area contributed by atoms with Crippen LogP contribution in [0.15, 0.2) is 60.2 Å². The highest BCUT2D eigenvalue weighted by Crippen LogP contribution is 2.37. The Bertz CT molecular complexity index is 927. The topological polar surface area (TPSA) is 38.8 Å². The molecule has 0 aliphatic heterocycles. The Labute approximate surface area is 180 Å². The van der Waals surface area contributed by atoms with Gasteiger partial charge in [-0.1, -0.05) is 43.8 Å². The molecule has 1 aliphatic rings. The molecule has 0 saturated carbocycles. The van der Waals surface area contributed by atoms with Crippen molar-refractivity contribution < 1.29 is 14.3 Å². The maximum absolute atomic E-state index is 11.8. The van der Waals surface area contributed by atoms with Gasteiger partial charge in [0.25, 0.3) is 0 Å². The lowest BCUT2D eigenvalue weighted by Crippen LogP contribution is -2.24. The highest BCUT2D eigenvalue weighted by atomic mass is 16.5. The average Bonchev–Trinajstić information content (AvgIpc) is 2.74. The second-order valence-corrected chi connectivity index (χ2v) is 7.67. The summed E-state index contributed by atoms with van der Waals surface area (Å²) in [6.45, 7) is 1.01. The van der Waals surface area contributed by atoms with Gasteiger partial charge in [-0.15, -0.1) is 0 Å². The van der Waals surface area contributed by atoms with E-state index < -0.39 is 0 Å². The highest BCUT2D eigenvalue weighted by molar-refractivity contribution is 5.90. The maximum atomic E-state index is 11.8. The van der Waals surface area contributed by atoms with Crippen LogP contribution in [0.5, 0.6) is 5.75 Å². The molecule has 30 heavy (non-hydrogen) atoms. The Balaban J connectivity index is 0.00000320. The molecule has 2 aromatic carbocycles. The third-order valence-electron chi connectivity index (χ3n) is 5.21. The number of carbonyl (C=O) groups excluding carboxylic acids is 1. The number of methoxy groups -OCH3 is 2. The maximum Gasteiger partial charge on any atom is 0.337 e. The minimum atomic E-state index is -0.312. The summed E-state index contributed by atoms with van der Waals surface area (Å²) in [5.41, 5.74) is 5.37. The Morgan fingerprint density at radius 3 is 2.60 bits per heavy atom. The summed E-state index contributed by atoms with van der Waals surface area (Å²) in [7, 11) is 7.34. The molecular weight excluding hydrogens is 374 g/mol. The van der Waals surface area contributed by atoms with Gasteiger partial charge < -0.3 is 14.4 Å². The van der Waals surface area contributed by atoms with Crippen LogP contribution in [0.1, 0.15) is 41.8 Å². The number of allylic oxidation sites excluding steroid dienone is 2. The highest BCUT2D eigenvalue weighted by Gasteiger charge is 2.22. The number of hydrogen-bond acceptors (Lipinski definition) is 4. The van der Waals surface area contributed by atoms with E-state index in [4.69, 9.17) is 9.47 Å². The zero-order chi connectivity index (χ0) is 20.8. The first-order valence-electron chi connectivity index (χ1n) is 9.90. The monoisotopic (exact) mass is 407 g/mol. The first kappa shape index (κ1) is 23.4. The molecule has 0 aromatic heterocycles. The Kier molecular flexibility index (Phi) is 8.43. The number of carbonyl (C=O) groups is 1. The van der Waals surface area contributed by atoms with E-state index in [0.29, 0.717) is 11.5 Å². The lowest BCUT2D eigenvalue weighted by Gasteiger charge is -2.28. The number of rotatable bonds is 6. The van der Waals surface area contributed by atoms with Gasteiger partial charge >= 0.3 is 5.97 Å². The SMILES string of the molecule is C.COC(=O)c1cccc(/C=C2\C=C(c3cccc(OC)c3)C(CN(C)C)CC2)c1. The summed E-state index contributed by atoms with van der Waals surface area (Å²) < 4.78 is 10.3. The molecule has 4 nitrogen and oxygen atoms in total. The van der Waals surface area contributed by atoms with Crippen molar-refractivity contribution in [3.05, 3.63) is 76.9 Å². The third kappa shape index (κ3) is 5.83. The zero-order valence-corrected chi connectivity index (χ0v) is 17.6. The normalized spacial score (nSPS) is 17.3. The predicted molar refractivity (Wildman–Crippen MR) is 125 cm³/mol. The largest absolute Gasteiger partial charge is 0.497 e. The van der Waals surface area contributed by atoms with E-state index in [2.05, 4.69) is 43.3 Å². The fourth-order valence-corrected chi connectivity index (χ4v) is 3.84. The lowest BCUT2D eigenvalue weighted by atomic mass is 9.81. The van der Waals surface area contributed by atoms with Crippen molar-refractivity contribution in [2.45, 2.75) is 20.3 Å². The van der Waals surface area contributed by atoms with Gasteiger partial charge in [0.2, 0.25) is 0 Å². The molecule has 1 unspecified atom stereocenters. The molecule has 0 bridgehead atoms. The number of nitrogens with zero attached hydrogens (tertiary/aromatic N) is 1. The van der Waals surface area contributed by atoms with Gasteiger partial charge in [0, 0.05) is 6.54 Å². The molecule has 0 saturated heterocycles. The Hall–Kier alpha value is -2.85. The van der Waals surface area contributed by atoms with Gasteiger partial charge in [-0.2, -0.15) is 0 Å². The van der Waals surface area contributed by atoms with Gasteiger partial charge in [0.05, 0.1) is 19.8 Å². The van der Waals surface area contributed by atoms with Crippen molar-refractivity contribution in [2.75, 3.05) is 34.9 Å². The van der Waals surface area contributed by atoms with E-state index in [1.165, 1.54) is 23.8 Å². The predicted octanol–water partition coefficient (Wildman–Crippen LogP) is 5.56. The van der Waals surface area contributed by atoms with E-state index in [-0.39, 0.29) is 13.4 Å². The molecular formula is C26H33NO3. The molecule has 2 aromatic rings. The van der Waals surface area contributed by atoms with Gasteiger partial charge in [-0.3, -0.25) is 0 Å². The summed E-state index contributed by atoms with van der Waals surface area (Å²) >= 11 is 0. The quantitative estimate of drug-likeness (QED) is 0.588. The molecule has 0 radical (unpaired) electrons. The summed E-state index contributed by atoms with van der Waals surface area (Å²) in [4.78, 5) is 14.1. The van der Waals surface area contributed by atoms with Crippen LogP contribution in [0.3, 0.4) is 0 Å². The van der Waals surface area contributed by atoms with E-state index in [1.54, 1.807) is 13.2 Å². The summed E-state index contributed by atoms with van der Waals surface area (Å²) in [6.07, 6.45) is 6.56. The zero-order valence-electron chi connectivity index (χ0n) is 17.6. The number of esters is 1. The first-order valence-corrected chi connectivity index (χ1v) is 9.90. The standard InChI is InChI=1S/C25H29NO3.CH4/c1-26(2)17-22-12-11-19(13-18-7-5-9-21(14-18)25(27)29-4)15-24(22)20-8-6-10-23(16-20)28-3;/h5-10,13-16,22H,11-12,17H2,1-4H3;1H4/b19-13-;. The minimum Gasteiger partial charge on any atom is -0.497 e. The van der Waals surface area contributed by atoms with Crippen LogP contribution in [0.4, 0.5) is 0 Å². The van der Waals surface area contributed by atoms with Gasteiger partial charge in [0.15, 0.2) is 0 Å². The van der Waals surface area contributed by atoms with Crippen molar-refractivity contribution in [1.82, 2.24) is 4.90 Å². The van der Waals surface area contributed by atoms with Crippen molar-refractivity contribution in [3.8, 4) is 5.75 Å². The Morgan fingerprint density at radius 2 is 1.90 bits per heavy atom. The molecule has 0 heterocycles. The molecule has 160 valence electrons. The van der Waals surface area contributed by atoms with Crippen LogP contribution < -0.4 is 4.74 Å². The number of ether oxygens (including phenoxy) is 2. The summed E-state index contributed by atoms with van der Waals surface area (Å²) in [5, 5.41) is 0. The van der Waals surface area contributed by atoms with E-state index >= 15 is 0 Å². The van der Waals surface area contributed by atoms with Crippen LogP contribution in [0.2, 0.25) is 0 Å². The second kappa shape index (κ2) is 10.8. The average molecular weight is 408 g/mol. The van der Waals surface area contributed by atoms with Crippen LogP contribution >= 0.6 is 0 Å². The lowest BCUT2D eigenvalue weighted by molar-refractivity contribution is 0.0600. The summed E-state index contributed by atoms with van der Waals surface area (Å²) in [6, 6.07) is 15.8. The first-order chi connectivity index (χ1) is 14.0. The summed E-state index contributed by atoms with van der Waals surface area (Å²) in [5.74, 6) is 1.03. The molecule has 1 atom stereocenters. The second-order valence-electron chi connectivity index (χ2n) is 7.67. The smallest absolute Gasteiger partial charge is 0.337 e. The van der Waals surface area contributed by atoms with E-state index in [9.17, 15) is 4.79 Å². The van der Waals surface area contributed by atoms with Gasteiger partial charge in [-0.05, 0) is 79.4 Å². The van der Waals surface area contributed by atoms with Crippen molar-refractivity contribution >= 4 is 17.6 Å². The third-order valence-corrected chi connectivity index (χ3v) is 5.21.